The lowest BCUT2D eigenvalue weighted by atomic mass is 10.0. The van der Waals surface area contributed by atoms with Crippen molar-refractivity contribution in [3.05, 3.63) is 84.4 Å². The number of carbonyl (C=O) groups is 1. The van der Waals surface area contributed by atoms with Gasteiger partial charge in [-0.1, -0.05) is 36.4 Å². The highest BCUT2D eigenvalue weighted by atomic mass is 16.5. The third-order valence-corrected chi connectivity index (χ3v) is 4.25. The van der Waals surface area contributed by atoms with Crippen LogP contribution in [0, 0.1) is 0 Å². The highest BCUT2D eigenvalue weighted by molar-refractivity contribution is 6.09. The van der Waals surface area contributed by atoms with Crippen molar-refractivity contribution < 1.29 is 14.6 Å². The summed E-state index contributed by atoms with van der Waals surface area (Å²) in [6.45, 7) is 0. The second-order valence-electron chi connectivity index (χ2n) is 6.01. The minimum absolute atomic E-state index is 0.0696. The molecule has 0 aliphatic carbocycles. The van der Waals surface area contributed by atoms with Crippen LogP contribution >= 0.6 is 0 Å². The van der Waals surface area contributed by atoms with Gasteiger partial charge in [-0.25, -0.2) is 9.78 Å². The first-order valence-electron chi connectivity index (χ1n) is 8.38. The smallest absolute Gasteiger partial charge is 0.338 e. The number of para-hydroxylation sites is 2. The molecule has 0 radical (unpaired) electrons. The van der Waals surface area contributed by atoms with E-state index in [9.17, 15) is 9.90 Å². The average Bonchev–Trinajstić information content (AvgIpc) is 2.69. The van der Waals surface area contributed by atoms with Crippen molar-refractivity contribution in [3.8, 4) is 22.8 Å². The number of carboxylic acids is 1. The number of anilines is 1. The van der Waals surface area contributed by atoms with Gasteiger partial charge in [-0.2, -0.15) is 0 Å². The highest BCUT2D eigenvalue weighted by Crippen LogP contribution is 2.33. The van der Waals surface area contributed by atoms with Gasteiger partial charge in [-0.05, 0) is 42.5 Å². The lowest BCUT2D eigenvalue weighted by Crippen LogP contribution is -2.07. The molecular formula is C22H16N2O3. The third-order valence-electron chi connectivity index (χ3n) is 4.25. The lowest BCUT2D eigenvalue weighted by Gasteiger charge is -2.12. The summed E-state index contributed by atoms with van der Waals surface area (Å²) in [4.78, 5) is 16.3. The summed E-state index contributed by atoms with van der Waals surface area (Å²) in [5.41, 5.74) is 8.14. The van der Waals surface area contributed by atoms with Gasteiger partial charge in [0.05, 0.1) is 22.5 Å². The standard InChI is InChI=1S/C22H16N2O3/c23-20-19(22(25)26)17-8-4-5-9-18(17)24-21(20)14-10-12-16(13-11-14)27-15-6-2-1-3-7-15/h1-13H,23H2,(H,25,26). The molecule has 5 heteroatoms. The topological polar surface area (TPSA) is 85.4 Å². The Kier molecular flexibility index (Phi) is 4.18. The van der Waals surface area contributed by atoms with Crippen LogP contribution in [0.15, 0.2) is 78.9 Å². The number of hydrogen-bond acceptors (Lipinski definition) is 4. The summed E-state index contributed by atoms with van der Waals surface area (Å²) >= 11 is 0. The summed E-state index contributed by atoms with van der Waals surface area (Å²) < 4.78 is 5.79. The molecule has 1 heterocycles. The predicted octanol–water partition coefficient (Wildman–Crippen LogP) is 4.97. The number of ether oxygens (including phenoxy) is 1. The van der Waals surface area contributed by atoms with Crippen LogP contribution in [0.5, 0.6) is 11.5 Å². The second-order valence-corrected chi connectivity index (χ2v) is 6.01. The first-order valence-corrected chi connectivity index (χ1v) is 8.38. The van der Waals surface area contributed by atoms with Crippen molar-refractivity contribution in [2.45, 2.75) is 0 Å². The van der Waals surface area contributed by atoms with Gasteiger partial charge in [0.2, 0.25) is 0 Å². The van der Waals surface area contributed by atoms with Crippen LogP contribution in [-0.4, -0.2) is 16.1 Å². The van der Waals surface area contributed by atoms with Crippen LogP contribution in [0.3, 0.4) is 0 Å². The molecule has 0 saturated heterocycles. The summed E-state index contributed by atoms with van der Waals surface area (Å²) in [6.07, 6.45) is 0. The van der Waals surface area contributed by atoms with E-state index in [-0.39, 0.29) is 11.3 Å². The number of aromatic carboxylic acids is 1. The van der Waals surface area contributed by atoms with Crippen LogP contribution in [0.1, 0.15) is 10.4 Å². The Labute approximate surface area is 155 Å². The third kappa shape index (κ3) is 3.18. The van der Waals surface area contributed by atoms with Crippen molar-refractivity contribution in [1.29, 1.82) is 0 Å². The van der Waals surface area contributed by atoms with Crippen LogP contribution < -0.4 is 10.5 Å². The number of nitrogens with two attached hydrogens (primary N) is 1. The maximum Gasteiger partial charge on any atom is 0.338 e. The lowest BCUT2D eigenvalue weighted by molar-refractivity contribution is 0.0700. The van der Waals surface area contributed by atoms with Gasteiger partial charge in [0.1, 0.15) is 11.5 Å². The highest BCUT2D eigenvalue weighted by Gasteiger charge is 2.19. The van der Waals surface area contributed by atoms with Gasteiger partial charge in [-0.3, -0.25) is 0 Å². The van der Waals surface area contributed by atoms with Crippen molar-refractivity contribution >= 4 is 22.6 Å². The molecule has 0 amide bonds. The summed E-state index contributed by atoms with van der Waals surface area (Å²) in [6, 6.07) is 23.8. The zero-order valence-corrected chi connectivity index (χ0v) is 14.3. The number of rotatable bonds is 4. The molecule has 0 unspecified atom stereocenters. The molecule has 3 N–H and O–H groups in total. The van der Waals surface area contributed by atoms with Gasteiger partial charge in [-0.15, -0.1) is 0 Å². The monoisotopic (exact) mass is 356 g/mol. The molecule has 3 aromatic carbocycles. The Morgan fingerprint density at radius 1 is 0.852 bits per heavy atom. The van der Waals surface area contributed by atoms with Gasteiger partial charge < -0.3 is 15.6 Å². The van der Waals surface area contributed by atoms with Crippen molar-refractivity contribution in [2.75, 3.05) is 5.73 Å². The van der Waals surface area contributed by atoms with Crippen LogP contribution in [0.4, 0.5) is 5.69 Å². The molecule has 4 aromatic rings. The van der Waals surface area contributed by atoms with Crippen LogP contribution in [0.2, 0.25) is 0 Å². The summed E-state index contributed by atoms with van der Waals surface area (Å²) in [5.74, 6) is 0.334. The maximum atomic E-state index is 11.7. The summed E-state index contributed by atoms with van der Waals surface area (Å²) in [5, 5.41) is 10.1. The fourth-order valence-corrected chi connectivity index (χ4v) is 2.98. The zero-order valence-electron chi connectivity index (χ0n) is 14.3. The van der Waals surface area contributed by atoms with Gasteiger partial charge in [0.25, 0.3) is 0 Å². The molecular weight excluding hydrogens is 340 g/mol. The Morgan fingerprint density at radius 3 is 2.19 bits per heavy atom. The van der Waals surface area contributed by atoms with Crippen LogP contribution in [-0.2, 0) is 0 Å². The molecule has 0 saturated carbocycles. The van der Waals surface area contributed by atoms with Crippen LogP contribution in [0.25, 0.3) is 22.2 Å². The van der Waals surface area contributed by atoms with Crippen molar-refractivity contribution in [1.82, 2.24) is 4.98 Å². The van der Waals surface area contributed by atoms with E-state index in [1.165, 1.54) is 0 Å². The molecule has 0 fully saturated rings. The predicted molar refractivity (Wildman–Crippen MR) is 105 cm³/mol. The van der Waals surface area contributed by atoms with E-state index in [4.69, 9.17) is 10.5 Å². The van der Waals surface area contributed by atoms with Gasteiger partial charge in [0.15, 0.2) is 0 Å². The first kappa shape index (κ1) is 16.6. The average molecular weight is 356 g/mol. The first-order chi connectivity index (χ1) is 13.1. The second kappa shape index (κ2) is 6.80. The molecule has 5 nitrogen and oxygen atoms in total. The van der Waals surface area contributed by atoms with Gasteiger partial charge >= 0.3 is 5.97 Å². The fourth-order valence-electron chi connectivity index (χ4n) is 2.98. The number of fused-ring (bicyclic) bond motifs is 1. The quantitative estimate of drug-likeness (QED) is 0.539. The van der Waals surface area contributed by atoms with E-state index in [2.05, 4.69) is 4.98 Å². The molecule has 0 bridgehead atoms. The molecule has 132 valence electrons. The number of benzene rings is 3. The SMILES string of the molecule is Nc1c(-c2ccc(Oc3ccccc3)cc2)nc2ccccc2c1C(=O)O. The molecule has 0 spiro atoms. The maximum absolute atomic E-state index is 11.7. The molecule has 0 aliphatic rings. The Bertz CT molecular complexity index is 1120. The minimum Gasteiger partial charge on any atom is -0.478 e. The van der Waals surface area contributed by atoms with E-state index < -0.39 is 5.97 Å². The van der Waals surface area contributed by atoms with E-state index in [1.54, 1.807) is 30.3 Å². The molecule has 1 aromatic heterocycles. The largest absolute Gasteiger partial charge is 0.478 e. The molecule has 4 rings (SSSR count). The van der Waals surface area contributed by atoms with Crippen molar-refractivity contribution in [2.24, 2.45) is 0 Å². The zero-order chi connectivity index (χ0) is 18.8. The van der Waals surface area contributed by atoms with E-state index in [1.807, 2.05) is 48.5 Å². The number of aromatic nitrogens is 1. The van der Waals surface area contributed by atoms with E-state index in [0.717, 1.165) is 11.3 Å². The molecule has 0 aliphatic heterocycles. The number of pyridine rings is 1. The Hall–Kier alpha value is -3.86. The van der Waals surface area contributed by atoms with Crippen molar-refractivity contribution in [3.63, 3.8) is 0 Å². The molecule has 27 heavy (non-hydrogen) atoms. The normalized spacial score (nSPS) is 10.7. The van der Waals surface area contributed by atoms with E-state index in [0.29, 0.717) is 22.3 Å². The number of nitrogens with zero attached hydrogens (tertiary/aromatic N) is 1. The minimum atomic E-state index is -1.07. The Balaban J connectivity index is 1.76. The number of nitrogen functional groups attached to an aromatic ring is 1. The summed E-state index contributed by atoms with van der Waals surface area (Å²) in [7, 11) is 0. The molecule has 0 atom stereocenters. The Morgan fingerprint density at radius 2 is 1.48 bits per heavy atom. The van der Waals surface area contributed by atoms with Gasteiger partial charge in [0, 0.05) is 10.9 Å². The van der Waals surface area contributed by atoms with E-state index >= 15 is 0 Å². The number of hydrogen-bond donors (Lipinski definition) is 2. The number of carboxylic acid groups (broad SMARTS) is 1. The fraction of sp³-hybridized carbons (Fsp3) is 0.